The highest BCUT2D eigenvalue weighted by molar-refractivity contribution is 5.74. The predicted octanol–water partition coefficient (Wildman–Crippen LogP) is 2.30. The third-order valence-electron chi connectivity index (χ3n) is 2.98. The molecule has 1 atom stereocenters. The monoisotopic (exact) mass is 200 g/mol. The third kappa shape index (κ3) is 2.71. The highest BCUT2D eigenvalue weighted by Crippen LogP contribution is 2.34. The van der Waals surface area contributed by atoms with Crippen molar-refractivity contribution in [2.45, 2.75) is 39.5 Å². The van der Waals surface area contributed by atoms with Crippen molar-refractivity contribution in [2.75, 3.05) is 13.2 Å². The van der Waals surface area contributed by atoms with Crippen LogP contribution < -0.4 is 0 Å². The van der Waals surface area contributed by atoms with E-state index in [0.29, 0.717) is 12.5 Å². The lowest BCUT2D eigenvalue weighted by atomic mass is 9.77. The molecule has 3 nitrogen and oxygen atoms in total. The van der Waals surface area contributed by atoms with Crippen LogP contribution in [0.15, 0.2) is 0 Å². The van der Waals surface area contributed by atoms with Gasteiger partial charge in [-0.25, -0.2) is 0 Å². The maximum absolute atomic E-state index is 11.2. The van der Waals surface area contributed by atoms with E-state index in [1.807, 2.05) is 0 Å². The minimum Gasteiger partial charge on any atom is -0.481 e. The first-order chi connectivity index (χ1) is 6.57. The molecule has 0 saturated carbocycles. The second-order valence-electron chi connectivity index (χ2n) is 4.67. The van der Waals surface area contributed by atoms with Crippen molar-refractivity contribution in [3.63, 3.8) is 0 Å². The summed E-state index contributed by atoms with van der Waals surface area (Å²) in [6.45, 7) is 5.37. The summed E-state index contributed by atoms with van der Waals surface area (Å²) in [4.78, 5) is 11.2. The van der Waals surface area contributed by atoms with Gasteiger partial charge >= 0.3 is 5.97 Å². The normalized spacial score (nSPS) is 27.9. The first kappa shape index (κ1) is 11.5. The fourth-order valence-electron chi connectivity index (χ4n) is 1.89. The second kappa shape index (κ2) is 4.78. The van der Waals surface area contributed by atoms with Gasteiger partial charge in [0.25, 0.3) is 0 Å². The van der Waals surface area contributed by atoms with Crippen LogP contribution in [0.5, 0.6) is 0 Å². The highest BCUT2D eigenvalue weighted by Gasteiger charge is 2.40. The molecular formula is C11H20O3. The fraction of sp³-hybridized carbons (Fsp3) is 0.909. The Morgan fingerprint density at radius 2 is 2.29 bits per heavy atom. The number of rotatable bonds is 4. The smallest absolute Gasteiger partial charge is 0.311 e. The quantitative estimate of drug-likeness (QED) is 0.757. The maximum atomic E-state index is 11.2. The van der Waals surface area contributed by atoms with E-state index in [9.17, 15) is 9.90 Å². The summed E-state index contributed by atoms with van der Waals surface area (Å²) in [6.07, 6.45) is 3.37. The molecule has 0 aromatic heterocycles. The Kier molecular flexibility index (Phi) is 3.93. The van der Waals surface area contributed by atoms with Crippen molar-refractivity contribution < 1.29 is 14.6 Å². The summed E-state index contributed by atoms with van der Waals surface area (Å²) in [5.74, 6) is -0.119. The molecule has 1 unspecified atom stereocenters. The SMILES string of the molecule is CC(C)CCC1(C(=O)O)CCCOC1. The van der Waals surface area contributed by atoms with Gasteiger partial charge in [0.15, 0.2) is 0 Å². The van der Waals surface area contributed by atoms with Crippen molar-refractivity contribution in [2.24, 2.45) is 11.3 Å². The number of hydrogen-bond acceptors (Lipinski definition) is 2. The van der Waals surface area contributed by atoms with Crippen LogP contribution in [-0.4, -0.2) is 24.3 Å². The molecule has 1 aliphatic rings. The Balaban J connectivity index is 2.56. The van der Waals surface area contributed by atoms with Gasteiger partial charge in [-0.15, -0.1) is 0 Å². The zero-order chi connectivity index (χ0) is 10.6. The Hall–Kier alpha value is -0.570. The lowest BCUT2D eigenvalue weighted by Gasteiger charge is -2.33. The van der Waals surface area contributed by atoms with Gasteiger partial charge in [0.2, 0.25) is 0 Å². The molecule has 1 heterocycles. The zero-order valence-corrected chi connectivity index (χ0v) is 9.08. The van der Waals surface area contributed by atoms with Gasteiger partial charge in [-0.3, -0.25) is 4.79 Å². The van der Waals surface area contributed by atoms with E-state index < -0.39 is 11.4 Å². The summed E-state index contributed by atoms with van der Waals surface area (Å²) in [6, 6.07) is 0. The Morgan fingerprint density at radius 3 is 2.71 bits per heavy atom. The minimum atomic E-state index is -0.683. The number of carboxylic acids is 1. The summed E-state index contributed by atoms with van der Waals surface area (Å²) in [5.41, 5.74) is -0.595. The number of carbonyl (C=O) groups is 1. The molecule has 3 heteroatoms. The van der Waals surface area contributed by atoms with Crippen molar-refractivity contribution in [1.29, 1.82) is 0 Å². The molecule has 0 spiro atoms. The Morgan fingerprint density at radius 1 is 1.57 bits per heavy atom. The molecule has 0 bridgehead atoms. The molecule has 1 fully saturated rings. The molecule has 0 amide bonds. The van der Waals surface area contributed by atoms with Gasteiger partial charge in [-0.2, -0.15) is 0 Å². The molecule has 82 valence electrons. The highest BCUT2D eigenvalue weighted by atomic mass is 16.5. The van der Waals surface area contributed by atoms with Gasteiger partial charge in [0.1, 0.15) is 0 Å². The standard InChI is InChI=1S/C11H20O3/c1-9(2)4-6-11(10(12)13)5-3-7-14-8-11/h9H,3-8H2,1-2H3,(H,12,13). The minimum absolute atomic E-state index is 0.398. The number of carboxylic acid groups (broad SMARTS) is 1. The second-order valence-corrected chi connectivity index (χ2v) is 4.67. The van der Waals surface area contributed by atoms with Crippen molar-refractivity contribution in [3.05, 3.63) is 0 Å². The largest absolute Gasteiger partial charge is 0.481 e. The fourth-order valence-corrected chi connectivity index (χ4v) is 1.89. The predicted molar refractivity (Wildman–Crippen MR) is 54.2 cm³/mol. The molecule has 1 rings (SSSR count). The zero-order valence-electron chi connectivity index (χ0n) is 9.08. The maximum Gasteiger partial charge on any atom is 0.311 e. The number of ether oxygens (including phenoxy) is 1. The number of hydrogen-bond donors (Lipinski definition) is 1. The van der Waals surface area contributed by atoms with Gasteiger partial charge in [-0.1, -0.05) is 13.8 Å². The van der Waals surface area contributed by atoms with E-state index in [1.54, 1.807) is 0 Å². The molecule has 1 N–H and O–H groups in total. The third-order valence-corrected chi connectivity index (χ3v) is 2.98. The van der Waals surface area contributed by atoms with Crippen LogP contribution in [0.25, 0.3) is 0 Å². The van der Waals surface area contributed by atoms with Gasteiger partial charge in [0, 0.05) is 6.61 Å². The molecule has 1 saturated heterocycles. The molecule has 0 aromatic carbocycles. The van der Waals surface area contributed by atoms with Crippen LogP contribution in [0.3, 0.4) is 0 Å². The molecule has 0 aromatic rings. The summed E-state index contributed by atoms with van der Waals surface area (Å²) in [7, 11) is 0. The van der Waals surface area contributed by atoms with E-state index in [-0.39, 0.29) is 0 Å². The Bertz CT molecular complexity index is 193. The summed E-state index contributed by atoms with van der Waals surface area (Å²) >= 11 is 0. The van der Waals surface area contributed by atoms with E-state index >= 15 is 0 Å². The Labute approximate surface area is 85.5 Å². The summed E-state index contributed by atoms with van der Waals surface area (Å²) < 4.78 is 5.30. The molecular weight excluding hydrogens is 180 g/mol. The molecule has 1 aliphatic heterocycles. The topological polar surface area (TPSA) is 46.5 Å². The van der Waals surface area contributed by atoms with Crippen molar-refractivity contribution >= 4 is 5.97 Å². The van der Waals surface area contributed by atoms with Crippen LogP contribution in [0, 0.1) is 11.3 Å². The van der Waals surface area contributed by atoms with Gasteiger partial charge < -0.3 is 9.84 Å². The summed E-state index contributed by atoms with van der Waals surface area (Å²) in [5, 5.41) is 9.22. The average molecular weight is 200 g/mol. The lowest BCUT2D eigenvalue weighted by molar-refractivity contribution is -0.158. The van der Waals surface area contributed by atoms with E-state index in [4.69, 9.17) is 4.74 Å². The van der Waals surface area contributed by atoms with Crippen LogP contribution in [0.4, 0.5) is 0 Å². The van der Waals surface area contributed by atoms with Crippen molar-refractivity contribution in [1.82, 2.24) is 0 Å². The van der Waals surface area contributed by atoms with Crippen molar-refractivity contribution in [3.8, 4) is 0 Å². The van der Waals surface area contributed by atoms with Crippen LogP contribution >= 0.6 is 0 Å². The molecule has 0 radical (unpaired) electrons. The first-order valence-electron chi connectivity index (χ1n) is 5.38. The first-order valence-corrected chi connectivity index (χ1v) is 5.38. The van der Waals surface area contributed by atoms with Crippen LogP contribution in [0.1, 0.15) is 39.5 Å². The van der Waals surface area contributed by atoms with Crippen LogP contribution in [0.2, 0.25) is 0 Å². The molecule has 0 aliphatic carbocycles. The van der Waals surface area contributed by atoms with E-state index in [2.05, 4.69) is 13.8 Å². The lowest BCUT2D eigenvalue weighted by Crippen LogP contribution is -2.39. The van der Waals surface area contributed by atoms with E-state index in [0.717, 1.165) is 32.3 Å². The molecule has 14 heavy (non-hydrogen) atoms. The number of aliphatic carboxylic acids is 1. The average Bonchev–Trinajstić information content (AvgIpc) is 2.16. The van der Waals surface area contributed by atoms with E-state index in [1.165, 1.54) is 0 Å². The van der Waals surface area contributed by atoms with Crippen LogP contribution in [-0.2, 0) is 9.53 Å². The van der Waals surface area contributed by atoms with Gasteiger partial charge in [-0.05, 0) is 31.6 Å². The van der Waals surface area contributed by atoms with Gasteiger partial charge in [0.05, 0.1) is 12.0 Å².